The molecule has 4 amide bonds. The van der Waals surface area contributed by atoms with E-state index in [1.807, 2.05) is 6.92 Å². The maximum atomic E-state index is 12.2. The Morgan fingerprint density at radius 1 is 1.40 bits per heavy atom. The van der Waals surface area contributed by atoms with Gasteiger partial charge in [-0.1, -0.05) is 0 Å². The first-order chi connectivity index (χ1) is 8.83. The Hall–Kier alpha value is -1.34. The zero-order valence-electron chi connectivity index (χ0n) is 11.9. The molecule has 7 nitrogen and oxygen atoms in total. The Kier molecular flexibility index (Phi) is 4.99. The number of halogens is 1. The van der Waals surface area contributed by atoms with Crippen molar-refractivity contribution in [3.63, 3.8) is 0 Å². The van der Waals surface area contributed by atoms with E-state index >= 15 is 0 Å². The molecule has 0 spiro atoms. The van der Waals surface area contributed by atoms with Crippen molar-refractivity contribution in [1.82, 2.24) is 20.4 Å². The molecule has 20 heavy (non-hydrogen) atoms. The van der Waals surface area contributed by atoms with Crippen molar-refractivity contribution in [2.45, 2.75) is 32.4 Å². The first-order valence-electron chi connectivity index (χ1n) is 6.47. The molecule has 0 unspecified atom stereocenters. The first kappa shape index (κ1) is 16.7. The summed E-state index contributed by atoms with van der Waals surface area (Å²) in [6, 6.07) is -0.416. The number of amides is 4. The molecule has 0 bridgehead atoms. The van der Waals surface area contributed by atoms with E-state index < -0.39 is 11.6 Å². The molecule has 2 saturated heterocycles. The molecule has 8 heteroatoms. The van der Waals surface area contributed by atoms with Crippen LogP contribution in [-0.4, -0.2) is 65.4 Å². The first-order valence-corrected chi connectivity index (χ1v) is 6.47. The summed E-state index contributed by atoms with van der Waals surface area (Å²) >= 11 is 0. The summed E-state index contributed by atoms with van der Waals surface area (Å²) in [5.74, 6) is -0.538. The van der Waals surface area contributed by atoms with Crippen LogP contribution in [0.5, 0.6) is 0 Å². The number of imide groups is 1. The van der Waals surface area contributed by atoms with Gasteiger partial charge in [0.1, 0.15) is 12.1 Å². The van der Waals surface area contributed by atoms with Gasteiger partial charge in [0, 0.05) is 25.7 Å². The van der Waals surface area contributed by atoms with E-state index in [0.717, 1.165) is 18.0 Å². The standard InChI is InChI=1S/C12H20N4O3.ClH/c1-8-6-13-4-5-15(8)9(17)7-16-10(18)12(2,3)14-11(16)19;/h8,13H,4-7H2,1-3H3,(H,14,19);1H/t8-;/m0./s1. The molecule has 2 fully saturated rings. The van der Waals surface area contributed by atoms with Crippen LogP contribution < -0.4 is 10.6 Å². The maximum absolute atomic E-state index is 12.2. The van der Waals surface area contributed by atoms with Gasteiger partial charge in [-0.15, -0.1) is 12.4 Å². The molecule has 0 radical (unpaired) electrons. The van der Waals surface area contributed by atoms with Crippen LogP contribution in [0.15, 0.2) is 0 Å². The van der Waals surface area contributed by atoms with E-state index in [1.165, 1.54) is 0 Å². The fourth-order valence-electron chi connectivity index (χ4n) is 2.40. The molecule has 2 heterocycles. The van der Waals surface area contributed by atoms with E-state index in [9.17, 15) is 14.4 Å². The van der Waals surface area contributed by atoms with E-state index in [2.05, 4.69) is 10.6 Å². The average molecular weight is 305 g/mol. The predicted molar refractivity (Wildman–Crippen MR) is 75.6 cm³/mol. The van der Waals surface area contributed by atoms with Gasteiger partial charge >= 0.3 is 6.03 Å². The minimum atomic E-state index is -0.924. The van der Waals surface area contributed by atoms with Gasteiger partial charge < -0.3 is 15.5 Å². The largest absolute Gasteiger partial charge is 0.336 e. The third kappa shape index (κ3) is 3.04. The van der Waals surface area contributed by atoms with E-state index in [-0.39, 0.29) is 36.8 Å². The van der Waals surface area contributed by atoms with Crippen LogP contribution in [0, 0.1) is 0 Å². The molecule has 1 atom stereocenters. The predicted octanol–water partition coefficient (Wildman–Crippen LogP) is -0.441. The molecule has 0 aromatic heterocycles. The second-order valence-corrected chi connectivity index (χ2v) is 5.59. The highest BCUT2D eigenvalue weighted by atomic mass is 35.5. The molecular formula is C12H21ClN4O3. The van der Waals surface area contributed by atoms with Crippen molar-refractivity contribution in [2.75, 3.05) is 26.2 Å². The summed E-state index contributed by atoms with van der Waals surface area (Å²) in [5.41, 5.74) is -0.924. The molecule has 114 valence electrons. The zero-order valence-corrected chi connectivity index (χ0v) is 12.7. The second-order valence-electron chi connectivity index (χ2n) is 5.59. The lowest BCUT2D eigenvalue weighted by Crippen LogP contribution is -2.55. The lowest BCUT2D eigenvalue weighted by Gasteiger charge is -2.34. The molecule has 2 aliphatic rings. The number of nitrogens with one attached hydrogen (secondary N) is 2. The number of hydrogen-bond acceptors (Lipinski definition) is 4. The van der Waals surface area contributed by atoms with Gasteiger partial charge in [-0.2, -0.15) is 0 Å². The van der Waals surface area contributed by atoms with Gasteiger partial charge in [-0.05, 0) is 20.8 Å². The van der Waals surface area contributed by atoms with Crippen molar-refractivity contribution < 1.29 is 14.4 Å². The van der Waals surface area contributed by atoms with Gasteiger partial charge in [-0.3, -0.25) is 14.5 Å². The summed E-state index contributed by atoms with van der Waals surface area (Å²) in [5, 5.41) is 5.76. The fraction of sp³-hybridized carbons (Fsp3) is 0.750. The van der Waals surface area contributed by atoms with Crippen molar-refractivity contribution in [1.29, 1.82) is 0 Å². The number of carbonyl (C=O) groups is 3. The van der Waals surface area contributed by atoms with Crippen LogP contribution in [0.4, 0.5) is 4.79 Å². The van der Waals surface area contributed by atoms with Crippen LogP contribution in [-0.2, 0) is 9.59 Å². The highest BCUT2D eigenvalue weighted by molar-refractivity contribution is 6.08. The molecule has 0 aromatic rings. The molecule has 0 saturated carbocycles. The van der Waals surface area contributed by atoms with Crippen molar-refractivity contribution in [3.05, 3.63) is 0 Å². The Morgan fingerprint density at radius 2 is 2.05 bits per heavy atom. The number of piperazine rings is 1. The lowest BCUT2D eigenvalue weighted by molar-refractivity contribution is -0.140. The van der Waals surface area contributed by atoms with Gasteiger partial charge in [0.2, 0.25) is 5.91 Å². The molecule has 0 aliphatic carbocycles. The van der Waals surface area contributed by atoms with Gasteiger partial charge in [0.25, 0.3) is 5.91 Å². The lowest BCUT2D eigenvalue weighted by atomic mass is 10.1. The van der Waals surface area contributed by atoms with Crippen LogP contribution in [0.3, 0.4) is 0 Å². The van der Waals surface area contributed by atoms with E-state index in [0.29, 0.717) is 6.54 Å². The smallest absolute Gasteiger partial charge is 0.325 e. The zero-order chi connectivity index (χ0) is 14.2. The third-order valence-electron chi connectivity index (χ3n) is 3.56. The summed E-state index contributed by atoms with van der Waals surface area (Å²) in [6.45, 7) is 7.10. The number of hydrogen-bond donors (Lipinski definition) is 2. The molecule has 0 aromatic carbocycles. The van der Waals surface area contributed by atoms with Gasteiger partial charge in [-0.25, -0.2) is 4.79 Å². The third-order valence-corrected chi connectivity index (χ3v) is 3.56. The summed E-state index contributed by atoms with van der Waals surface area (Å²) in [6.07, 6.45) is 0. The Morgan fingerprint density at radius 3 is 2.55 bits per heavy atom. The van der Waals surface area contributed by atoms with Crippen molar-refractivity contribution in [2.24, 2.45) is 0 Å². The number of carbonyl (C=O) groups excluding carboxylic acids is 3. The molecular weight excluding hydrogens is 284 g/mol. The van der Waals surface area contributed by atoms with Gasteiger partial charge in [0.15, 0.2) is 0 Å². The number of urea groups is 1. The van der Waals surface area contributed by atoms with Crippen molar-refractivity contribution in [3.8, 4) is 0 Å². The Balaban J connectivity index is 0.00000200. The summed E-state index contributed by atoms with van der Waals surface area (Å²) in [4.78, 5) is 38.6. The number of nitrogens with zero attached hydrogens (tertiary/aromatic N) is 2. The fourth-order valence-corrected chi connectivity index (χ4v) is 2.40. The maximum Gasteiger partial charge on any atom is 0.325 e. The normalized spacial score (nSPS) is 25.2. The molecule has 2 aliphatic heterocycles. The van der Waals surface area contributed by atoms with Crippen LogP contribution in [0.1, 0.15) is 20.8 Å². The van der Waals surface area contributed by atoms with Gasteiger partial charge in [0.05, 0.1) is 0 Å². The quantitative estimate of drug-likeness (QED) is 0.678. The highest BCUT2D eigenvalue weighted by Crippen LogP contribution is 2.17. The SMILES string of the molecule is C[C@H]1CNCCN1C(=O)CN1C(=O)NC(C)(C)C1=O.Cl. The van der Waals surface area contributed by atoms with E-state index in [1.54, 1.807) is 18.7 Å². The Labute approximate surface area is 124 Å². The van der Waals surface area contributed by atoms with Crippen LogP contribution in [0.25, 0.3) is 0 Å². The number of rotatable bonds is 2. The Bertz CT molecular complexity index is 427. The van der Waals surface area contributed by atoms with Crippen molar-refractivity contribution >= 4 is 30.3 Å². The summed E-state index contributed by atoms with van der Waals surface area (Å²) in [7, 11) is 0. The topological polar surface area (TPSA) is 81.8 Å². The monoisotopic (exact) mass is 304 g/mol. The summed E-state index contributed by atoms with van der Waals surface area (Å²) < 4.78 is 0. The van der Waals surface area contributed by atoms with Crippen LogP contribution in [0.2, 0.25) is 0 Å². The van der Waals surface area contributed by atoms with Crippen LogP contribution >= 0.6 is 12.4 Å². The second kappa shape index (κ2) is 5.97. The molecule has 2 N–H and O–H groups in total. The average Bonchev–Trinajstić information content (AvgIpc) is 2.52. The minimum absolute atomic E-state index is 0. The molecule has 2 rings (SSSR count). The highest BCUT2D eigenvalue weighted by Gasteiger charge is 2.45. The minimum Gasteiger partial charge on any atom is -0.336 e. The van der Waals surface area contributed by atoms with E-state index in [4.69, 9.17) is 0 Å².